The molecule has 5 heteroatoms. The second-order valence-corrected chi connectivity index (χ2v) is 14.6. The summed E-state index contributed by atoms with van der Waals surface area (Å²) in [6.45, 7) is 9.36. The lowest BCUT2D eigenvalue weighted by Gasteiger charge is -2.62. The Morgan fingerprint density at radius 1 is 1.03 bits per heavy atom. The number of hydrogen-bond acceptors (Lipinski definition) is 4. The first-order chi connectivity index (χ1) is 18.7. The molecule has 0 spiro atoms. The molecular formula is C34H51NO4. The molecule has 0 bridgehead atoms. The second kappa shape index (κ2) is 10.8. The number of ether oxygens (including phenoxy) is 1. The Kier molecular flexibility index (Phi) is 7.65. The average Bonchev–Trinajstić information content (AvgIpc) is 3.30. The molecule has 1 heterocycles. The van der Waals surface area contributed by atoms with Crippen LogP contribution in [0.25, 0.3) is 0 Å². The fourth-order valence-corrected chi connectivity index (χ4v) is 10.6. The number of benzene rings is 1. The minimum Gasteiger partial charge on any atom is -0.393 e. The topological polar surface area (TPSA) is 70.0 Å². The summed E-state index contributed by atoms with van der Waals surface area (Å²) in [5, 5.41) is 21.9. The summed E-state index contributed by atoms with van der Waals surface area (Å²) in [5.74, 6) is 3.46. The molecule has 1 saturated heterocycles. The maximum Gasteiger partial charge on any atom is 0.222 e. The second-order valence-electron chi connectivity index (χ2n) is 14.6. The van der Waals surface area contributed by atoms with E-state index < -0.39 is 0 Å². The number of aliphatic hydroxyl groups is 2. The van der Waals surface area contributed by atoms with Crippen LogP contribution in [0.4, 0.5) is 0 Å². The summed E-state index contributed by atoms with van der Waals surface area (Å²) in [6, 6.07) is 10.3. The van der Waals surface area contributed by atoms with Crippen molar-refractivity contribution in [1.82, 2.24) is 4.90 Å². The molecule has 0 unspecified atom stereocenters. The van der Waals surface area contributed by atoms with Crippen molar-refractivity contribution < 1.29 is 19.7 Å². The van der Waals surface area contributed by atoms with Crippen molar-refractivity contribution in [1.29, 1.82) is 0 Å². The van der Waals surface area contributed by atoms with Crippen LogP contribution < -0.4 is 0 Å². The first kappa shape index (κ1) is 27.7. The van der Waals surface area contributed by atoms with Crippen LogP contribution in [0.15, 0.2) is 30.3 Å². The van der Waals surface area contributed by atoms with Crippen LogP contribution in [0.5, 0.6) is 0 Å². The molecular weight excluding hydrogens is 486 g/mol. The van der Waals surface area contributed by atoms with Gasteiger partial charge in [-0.05, 0) is 110 Å². The van der Waals surface area contributed by atoms with E-state index in [9.17, 15) is 15.0 Å². The first-order valence-corrected chi connectivity index (χ1v) is 16.0. The lowest BCUT2D eigenvalue weighted by atomic mass is 9.43. The Labute approximate surface area is 235 Å². The number of rotatable bonds is 5. The normalized spacial score (nSPS) is 44.7. The lowest BCUT2D eigenvalue weighted by molar-refractivity contribution is -0.174. The van der Waals surface area contributed by atoms with Gasteiger partial charge in [-0.15, -0.1) is 0 Å². The highest BCUT2D eigenvalue weighted by molar-refractivity contribution is 5.76. The summed E-state index contributed by atoms with van der Waals surface area (Å²) in [5.41, 5.74) is 1.69. The van der Waals surface area contributed by atoms with Crippen LogP contribution in [0, 0.1) is 46.3 Å². The first-order valence-electron chi connectivity index (χ1n) is 16.0. The van der Waals surface area contributed by atoms with Gasteiger partial charge in [0.05, 0.1) is 25.4 Å². The number of carbonyl (C=O) groups excluding carboxylic acids is 1. The smallest absolute Gasteiger partial charge is 0.222 e. The Morgan fingerprint density at radius 2 is 1.77 bits per heavy atom. The highest BCUT2D eigenvalue weighted by Crippen LogP contribution is 2.68. The number of carbonyl (C=O) groups is 1. The van der Waals surface area contributed by atoms with Gasteiger partial charge >= 0.3 is 0 Å². The van der Waals surface area contributed by atoms with Gasteiger partial charge in [-0.1, -0.05) is 51.1 Å². The van der Waals surface area contributed by atoms with Gasteiger partial charge in [0.25, 0.3) is 0 Å². The zero-order chi connectivity index (χ0) is 27.4. The predicted molar refractivity (Wildman–Crippen MR) is 153 cm³/mol. The third kappa shape index (κ3) is 4.89. The van der Waals surface area contributed by atoms with Crippen LogP contribution in [-0.4, -0.2) is 52.9 Å². The molecule has 1 aromatic carbocycles. The molecule has 39 heavy (non-hydrogen) atoms. The Morgan fingerprint density at radius 3 is 2.56 bits per heavy atom. The molecule has 4 aliphatic carbocycles. The molecule has 1 aromatic rings. The van der Waals surface area contributed by atoms with E-state index in [1.165, 1.54) is 25.7 Å². The minimum absolute atomic E-state index is 0.0261. The predicted octanol–water partition coefficient (Wildman–Crippen LogP) is 5.99. The number of aliphatic hydroxyl groups excluding tert-OH is 2. The van der Waals surface area contributed by atoms with Crippen molar-refractivity contribution in [2.24, 2.45) is 46.3 Å². The molecule has 6 rings (SSSR count). The number of nitrogens with zero attached hydrogens (tertiary/aromatic N) is 1. The summed E-state index contributed by atoms with van der Waals surface area (Å²) in [6.07, 6.45) is 9.87. The molecule has 5 aliphatic rings. The molecule has 216 valence electrons. The van der Waals surface area contributed by atoms with E-state index in [1.54, 1.807) is 0 Å². The van der Waals surface area contributed by atoms with Gasteiger partial charge in [0, 0.05) is 13.0 Å². The van der Waals surface area contributed by atoms with Gasteiger partial charge in [0.15, 0.2) is 0 Å². The Hall–Kier alpha value is -1.43. The van der Waals surface area contributed by atoms with Crippen molar-refractivity contribution >= 4 is 5.91 Å². The van der Waals surface area contributed by atoms with Gasteiger partial charge in [0.1, 0.15) is 6.10 Å². The fraction of sp³-hybridized carbons (Fsp3) is 0.794. The Balaban J connectivity index is 1.08. The van der Waals surface area contributed by atoms with Gasteiger partial charge in [-0.25, -0.2) is 0 Å². The highest BCUT2D eigenvalue weighted by Gasteiger charge is 2.62. The lowest BCUT2D eigenvalue weighted by Crippen LogP contribution is -2.58. The van der Waals surface area contributed by atoms with Gasteiger partial charge in [-0.3, -0.25) is 4.79 Å². The third-order valence-electron chi connectivity index (χ3n) is 12.8. The fourth-order valence-electron chi connectivity index (χ4n) is 10.6. The molecule has 4 saturated carbocycles. The van der Waals surface area contributed by atoms with E-state index in [0.717, 1.165) is 37.7 Å². The van der Waals surface area contributed by atoms with Crippen LogP contribution in [-0.2, 0) is 9.53 Å². The van der Waals surface area contributed by atoms with E-state index in [0.29, 0.717) is 61.6 Å². The Bertz CT molecular complexity index is 1020. The molecule has 1 aliphatic heterocycles. The summed E-state index contributed by atoms with van der Waals surface area (Å²) in [7, 11) is 0. The number of amides is 1. The monoisotopic (exact) mass is 537 g/mol. The largest absolute Gasteiger partial charge is 0.393 e. The van der Waals surface area contributed by atoms with Crippen molar-refractivity contribution in [2.45, 2.75) is 103 Å². The minimum atomic E-state index is -0.225. The van der Waals surface area contributed by atoms with Gasteiger partial charge < -0.3 is 19.8 Å². The molecule has 5 fully saturated rings. The quantitative estimate of drug-likeness (QED) is 0.484. The van der Waals surface area contributed by atoms with Crippen LogP contribution >= 0.6 is 0 Å². The average molecular weight is 538 g/mol. The number of hydrogen-bond donors (Lipinski definition) is 2. The third-order valence-corrected chi connectivity index (χ3v) is 12.8. The van der Waals surface area contributed by atoms with E-state index >= 15 is 0 Å². The maximum absolute atomic E-state index is 13.3. The summed E-state index contributed by atoms with van der Waals surface area (Å²) >= 11 is 0. The number of morpholine rings is 1. The van der Waals surface area contributed by atoms with Gasteiger partial charge in [0.2, 0.25) is 5.91 Å². The van der Waals surface area contributed by atoms with E-state index in [1.807, 2.05) is 23.1 Å². The van der Waals surface area contributed by atoms with Crippen molar-refractivity contribution in [3.05, 3.63) is 35.9 Å². The zero-order valence-corrected chi connectivity index (χ0v) is 24.4. The molecule has 1 amide bonds. The van der Waals surface area contributed by atoms with Crippen molar-refractivity contribution in [2.75, 3.05) is 19.7 Å². The standard InChI is InChI=1S/C34H51NO4/c1-22(9-12-31(38)35-17-18-39-30(21-35)23-7-5-4-6-8-23)26-10-11-27-32-28(14-16-34(26,27)3)33(2)15-13-25(36)19-24(33)20-29(32)37/h4-8,22,24-30,32,36-37H,9-21H2,1-3H3/t22-,24+,25-,26-,27+,28+,29+,30-,32+,33+,34-/m1/s1. The summed E-state index contributed by atoms with van der Waals surface area (Å²) in [4.78, 5) is 15.3. The molecule has 11 atom stereocenters. The zero-order valence-electron chi connectivity index (χ0n) is 24.4. The van der Waals surface area contributed by atoms with Crippen LogP contribution in [0.3, 0.4) is 0 Å². The van der Waals surface area contributed by atoms with E-state index in [2.05, 4.69) is 32.9 Å². The summed E-state index contributed by atoms with van der Waals surface area (Å²) < 4.78 is 5.99. The molecule has 2 N–H and O–H groups in total. The maximum atomic E-state index is 13.3. The van der Waals surface area contributed by atoms with Crippen LogP contribution in [0.1, 0.15) is 96.6 Å². The van der Waals surface area contributed by atoms with Crippen molar-refractivity contribution in [3.63, 3.8) is 0 Å². The van der Waals surface area contributed by atoms with Crippen LogP contribution in [0.2, 0.25) is 0 Å². The van der Waals surface area contributed by atoms with E-state index in [-0.39, 0.29) is 35.0 Å². The molecule has 5 nitrogen and oxygen atoms in total. The number of fused-ring (bicyclic) bond motifs is 5. The van der Waals surface area contributed by atoms with Gasteiger partial charge in [-0.2, -0.15) is 0 Å². The van der Waals surface area contributed by atoms with E-state index in [4.69, 9.17) is 4.74 Å². The van der Waals surface area contributed by atoms with Crippen molar-refractivity contribution in [3.8, 4) is 0 Å². The SMILES string of the molecule is C[C@H](CCC(=O)N1CCO[C@@H](c2ccccc2)C1)[C@H]1CC[C@H]2[C@@H]3[C@@H](O)C[C@@H]4C[C@H](O)CC[C@]4(C)[C@H]3CC[C@]12C. The highest BCUT2D eigenvalue weighted by atomic mass is 16.5. The molecule has 0 aromatic heterocycles. The molecule has 0 radical (unpaired) electrons.